The lowest BCUT2D eigenvalue weighted by atomic mass is 9.92. The largest absolute Gasteiger partial charge is 0.454 e. The van der Waals surface area contributed by atoms with Crippen molar-refractivity contribution in [2.24, 2.45) is 7.05 Å². The number of likely N-dealkylation sites (N-methyl/N-ethyl adjacent to an activating group) is 2. The summed E-state index contributed by atoms with van der Waals surface area (Å²) >= 11 is 0. The highest BCUT2D eigenvalue weighted by atomic mass is 16.7. The molecule has 4 heterocycles. The quantitative estimate of drug-likeness (QED) is 0.245. The van der Waals surface area contributed by atoms with Gasteiger partial charge in [0.25, 0.3) is 5.91 Å². The van der Waals surface area contributed by atoms with Gasteiger partial charge in [-0.1, -0.05) is 57.2 Å². The molecule has 0 saturated carbocycles. The molecule has 0 radical (unpaired) electrons. The van der Waals surface area contributed by atoms with Gasteiger partial charge in [0.1, 0.15) is 5.69 Å². The normalized spacial score (nSPS) is 12.5. The Kier molecular flexibility index (Phi) is 8.05. The number of ether oxygens (including phenoxy) is 2. The van der Waals surface area contributed by atoms with E-state index in [1.54, 1.807) is 23.0 Å². The van der Waals surface area contributed by atoms with Gasteiger partial charge in [0.15, 0.2) is 28.5 Å². The summed E-state index contributed by atoms with van der Waals surface area (Å²) in [6.07, 6.45) is 1.80. The molecule has 0 atom stereocenters. The van der Waals surface area contributed by atoms with Crippen molar-refractivity contribution in [2.45, 2.75) is 39.3 Å². The molecule has 1 aliphatic heterocycles. The average Bonchev–Trinajstić information content (AvgIpc) is 3.77. The minimum absolute atomic E-state index is 0.0858. The topological polar surface area (TPSA) is 115 Å². The molecular formula is C33H39N9O3. The molecular weight excluding hydrogens is 570 g/mol. The second kappa shape index (κ2) is 12.1. The predicted molar refractivity (Wildman–Crippen MR) is 173 cm³/mol. The molecule has 45 heavy (non-hydrogen) atoms. The molecule has 0 saturated heterocycles. The first-order chi connectivity index (χ1) is 21.6. The van der Waals surface area contributed by atoms with Crippen molar-refractivity contribution in [2.75, 3.05) is 44.2 Å². The number of aromatic nitrogens is 6. The number of hydrogen-bond donors (Lipinski definition) is 1. The molecule has 12 nitrogen and oxygen atoms in total. The molecule has 0 bridgehead atoms. The number of carbonyl (C=O) groups is 1. The fourth-order valence-electron chi connectivity index (χ4n) is 5.09. The second-order valence-corrected chi connectivity index (χ2v) is 12.4. The summed E-state index contributed by atoms with van der Waals surface area (Å²) in [5, 5.41) is 8.04. The number of anilines is 2. The number of aryl methyl sites for hydroxylation is 1. The van der Waals surface area contributed by atoms with Crippen LogP contribution in [0, 0.1) is 0 Å². The number of hydrogen-bond acceptors (Lipinski definition) is 9. The van der Waals surface area contributed by atoms with Crippen LogP contribution in [0.15, 0.2) is 60.9 Å². The molecule has 1 aliphatic rings. The molecule has 1 N–H and O–H groups in total. The standard InChI is InChI=1S/C33H39N9O3/c1-33(2,3)27-17-24(41(6)38-27)31(43)39(4)14-15-40(5)32-36-29(34-18-23-12-13-25-26(16-23)45-21-44-25)28-30(37-32)42(20-35-28)19-22-10-8-7-9-11-22/h7-13,16-17,20H,14-15,18-19,21H2,1-6H3,(H,34,36,37). The lowest BCUT2D eigenvalue weighted by Gasteiger charge is -2.23. The summed E-state index contributed by atoms with van der Waals surface area (Å²) in [4.78, 5) is 31.5. The van der Waals surface area contributed by atoms with Crippen LogP contribution in [0.3, 0.4) is 0 Å². The van der Waals surface area contributed by atoms with Gasteiger partial charge in [-0.15, -0.1) is 0 Å². The van der Waals surface area contributed by atoms with Crippen LogP contribution in [0.2, 0.25) is 0 Å². The van der Waals surface area contributed by atoms with Gasteiger partial charge in [-0.2, -0.15) is 15.1 Å². The van der Waals surface area contributed by atoms with Crippen molar-refractivity contribution < 1.29 is 14.3 Å². The van der Waals surface area contributed by atoms with Crippen LogP contribution in [0.4, 0.5) is 11.8 Å². The van der Waals surface area contributed by atoms with Gasteiger partial charge >= 0.3 is 0 Å². The van der Waals surface area contributed by atoms with Crippen LogP contribution < -0.4 is 19.7 Å². The summed E-state index contributed by atoms with van der Waals surface area (Å²) in [6, 6.07) is 18.0. The van der Waals surface area contributed by atoms with E-state index in [1.165, 1.54) is 0 Å². The molecule has 0 aliphatic carbocycles. The Labute approximate surface area is 262 Å². The number of amides is 1. The first-order valence-electron chi connectivity index (χ1n) is 15.0. The highest BCUT2D eigenvalue weighted by molar-refractivity contribution is 5.92. The van der Waals surface area contributed by atoms with E-state index in [2.05, 4.69) is 43.3 Å². The van der Waals surface area contributed by atoms with Crippen molar-refractivity contribution in [1.29, 1.82) is 0 Å². The highest BCUT2D eigenvalue weighted by Crippen LogP contribution is 2.33. The lowest BCUT2D eigenvalue weighted by Crippen LogP contribution is -2.36. The maximum Gasteiger partial charge on any atom is 0.271 e. The number of imidazole rings is 1. The molecule has 5 aromatic rings. The number of nitrogens with zero attached hydrogens (tertiary/aromatic N) is 8. The van der Waals surface area contributed by atoms with E-state index in [0.29, 0.717) is 49.2 Å². The summed E-state index contributed by atoms with van der Waals surface area (Å²) in [5.41, 5.74) is 4.86. The van der Waals surface area contributed by atoms with Gasteiger partial charge in [0.2, 0.25) is 12.7 Å². The minimum atomic E-state index is -0.146. The Morgan fingerprint density at radius 2 is 1.76 bits per heavy atom. The number of fused-ring (bicyclic) bond motifs is 2. The van der Waals surface area contributed by atoms with E-state index < -0.39 is 0 Å². The van der Waals surface area contributed by atoms with E-state index >= 15 is 0 Å². The summed E-state index contributed by atoms with van der Waals surface area (Å²) in [7, 11) is 5.54. The zero-order chi connectivity index (χ0) is 31.7. The van der Waals surface area contributed by atoms with Gasteiger partial charge < -0.3 is 29.2 Å². The Morgan fingerprint density at radius 3 is 2.51 bits per heavy atom. The van der Waals surface area contributed by atoms with Crippen LogP contribution in [-0.2, 0) is 25.6 Å². The second-order valence-electron chi connectivity index (χ2n) is 12.4. The van der Waals surface area contributed by atoms with Crippen molar-refractivity contribution in [3.05, 3.63) is 83.4 Å². The summed E-state index contributed by atoms with van der Waals surface area (Å²) in [6.45, 7) is 8.61. The third-order valence-corrected chi connectivity index (χ3v) is 7.87. The number of nitrogens with one attached hydrogen (secondary N) is 1. The molecule has 0 unspecified atom stereocenters. The highest BCUT2D eigenvalue weighted by Gasteiger charge is 2.24. The van der Waals surface area contributed by atoms with Gasteiger partial charge in [0.05, 0.1) is 18.6 Å². The zero-order valence-electron chi connectivity index (χ0n) is 26.6. The Hall–Kier alpha value is -5.13. The van der Waals surface area contributed by atoms with E-state index in [4.69, 9.17) is 24.4 Å². The van der Waals surface area contributed by atoms with Crippen LogP contribution in [-0.4, -0.2) is 74.1 Å². The fourth-order valence-corrected chi connectivity index (χ4v) is 5.09. The number of benzene rings is 2. The van der Waals surface area contributed by atoms with Gasteiger partial charge in [0, 0.05) is 46.2 Å². The number of carbonyl (C=O) groups excluding carboxylic acids is 1. The van der Waals surface area contributed by atoms with Crippen molar-refractivity contribution in [1.82, 2.24) is 34.2 Å². The lowest BCUT2D eigenvalue weighted by molar-refractivity contribution is 0.0788. The van der Waals surface area contributed by atoms with Crippen molar-refractivity contribution in [3.63, 3.8) is 0 Å². The predicted octanol–water partition coefficient (Wildman–Crippen LogP) is 4.45. The first kappa shape index (κ1) is 29.9. The maximum atomic E-state index is 13.3. The average molecular weight is 610 g/mol. The Balaban J connectivity index is 1.23. The molecule has 2 aromatic carbocycles. The van der Waals surface area contributed by atoms with Crippen LogP contribution >= 0.6 is 0 Å². The minimum Gasteiger partial charge on any atom is -0.454 e. The first-order valence-corrected chi connectivity index (χ1v) is 15.0. The smallest absolute Gasteiger partial charge is 0.271 e. The van der Waals surface area contributed by atoms with Crippen LogP contribution in [0.25, 0.3) is 11.2 Å². The molecule has 0 fully saturated rings. The van der Waals surface area contributed by atoms with Crippen molar-refractivity contribution in [3.8, 4) is 11.5 Å². The van der Waals surface area contributed by atoms with E-state index in [-0.39, 0.29) is 18.1 Å². The van der Waals surface area contributed by atoms with Gasteiger partial charge in [-0.25, -0.2) is 4.98 Å². The van der Waals surface area contributed by atoms with Crippen LogP contribution in [0.5, 0.6) is 11.5 Å². The zero-order valence-corrected chi connectivity index (χ0v) is 26.6. The summed E-state index contributed by atoms with van der Waals surface area (Å²) < 4.78 is 14.7. The maximum absolute atomic E-state index is 13.3. The van der Waals surface area contributed by atoms with Gasteiger partial charge in [-0.3, -0.25) is 9.48 Å². The van der Waals surface area contributed by atoms with E-state index in [0.717, 1.165) is 34.0 Å². The molecule has 234 valence electrons. The van der Waals surface area contributed by atoms with Crippen LogP contribution in [0.1, 0.15) is 48.1 Å². The van der Waals surface area contributed by atoms with Gasteiger partial charge in [-0.05, 0) is 29.3 Å². The molecule has 3 aromatic heterocycles. The van der Waals surface area contributed by atoms with Crippen molar-refractivity contribution >= 4 is 28.8 Å². The summed E-state index contributed by atoms with van der Waals surface area (Å²) in [5.74, 6) is 2.54. The fraction of sp³-hybridized carbons (Fsp3) is 0.364. The molecule has 12 heteroatoms. The SMILES string of the molecule is CN(CCN(C)c1nc(NCc2ccc3c(c2)OCO3)c2ncn(Cc3ccccc3)c2n1)C(=O)c1cc(C(C)(C)C)nn1C. The third kappa shape index (κ3) is 6.40. The molecule has 0 spiro atoms. The Bertz CT molecular complexity index is 1820. The molecule has 6 rings (SSSR count). The van der Waals surface area contributed by atoms with E-state index in [1.807, 2.05) is 66.0 Å². The molecule has 1 amide bonds. The number of rotatable bonds is 10. The third-order valence-electron chi connectivity index (χ3n) is 7.87. The van der Waals surface area contributed by atoms with E-state index in [9.17, 15) is 4.79 Å². The Morgan fingerprint density at radius 1 is 0.978 bits per heavy atom. The monoisotopic (exact) mass is 609 g/mol.